The molecule has 1 atom stereocenters. The molecule has 0 bridgehead atoms. The molecule has 1 aliphatic heterocycles. The first-order valence-corrected chi connectivity index (χ1v) is 6.49. The van der Waals surface area contributed by atoms with E-state index in [1.807, 2.05) is 18.2 Å². The second-order valence-corrected chi connectivity index (χ2v) is 5.13. The van der Waals surface area contributed by atoms with E-state index in [1.165, 1.54) is 5.57 Å². The van der Waals surface area contributed by atoms with Gasteiger partial charge in [0.2, 0.25) is 0 Å². The van der Waals surface area contributed by atoms with Gasteiger partial charge in [0.25, 0.3) is 0 Å². The van der Waals surface area contributed by atoms with Crippen molar-refractivity contribution in [2.24, 2.45) is 10.9 Å². The van der Waals surface area contributed by atoms with Gasteiger partial charge in [-0.25, -0.2) is 4.99 Å². The van der Waals surface area contributed by atoms with Crippen LogP contribution in [0.15, 0.2) is 47.0 Å². The quantitative estimate of drug-likeness (QED) is 0.736. The van der Waals surface area contributed by atoms with Gasteiger partial charge >= 0.3 is 0 Å². The molecule has 1 aromatic rings. The van der Waals surface area contributed by atoms with Crippen LogP contribution < -0.4 is 4.74 Å². The molecule has 1 unspecified atom stereocenters. The lowest BCUT2D eigenvalue weighted by atomic mass is 9.96. The highest BCUT2D eigenvalue weighted by Gasteiger charge is 2.16. The lowest BCUT2D eigenvalue weighted by molar-refractivity contribution is 0.373. The molecule has 2 nitrogen and oxygen atoms in total. The molecule has 0 aromatic heterocycles. The average Bonchev–Trinajstić information content (AvgIpc) is 2.38. The number of hydrogen-bond donors (Lipinski definition) is 0. The summed E-state index contributed by atoms with van der Waals surface area (Å²) in [6, 6.07) is 5.53. The Morgan fingerprint density at radius 2 is 2.28 bits per heavy atom. The summed E-state index contributed by atoms with van der Waals surface area (Å²) in [5.74, 6) is 1.41. The molecule has 0 spiro atoms. The first kappa shape index (κ1) is 11.5. The lowest BCUT2D eigenvalue weighted by Crippen LogP contribution is -2.17. The SMILES string of the molecule is CC1C=CC(C2=Nc3cc(Cl)ccc3OC2)=CC1. The van der Waals surface area contributed by atoms with E-state index in [2.05, 4.69) is 30.1 Å². The molecular formula is C15H14ClNO. The van der Waals surface area contributed by atoms with Crippen LogP contribution in [-0.4, -0.2) is 12.3 Å². The van der Waals surface area contributed by atoms with Crippen LogP contribution in [0.2, 0.25) is 5.02 Å². The Balaban J connectivity index is 1.94. The maximum absolute atomic E-state index is 5.98. The zero-order valence-corrected chi connectivity index (χ0v) is 10.9. The van der Waals surface area contributed by atoms with Crippen molar-refractivity contribution in [2.45, 2.75) is 13.3 Å². The summed E-state index contributed by atoms with van der Waals surface area (Å²) in [5, 5.41) is 0.684. The van der Waals surface area contributed by atoms with E-state index in [9.17, 15) is 0 Å². The molecule has 0 saturated carbocycles. The van der Waals surface area contributed by atoms with Crippen molar-refractivity contribution in [3.63, 3.8) is 0 Å². The van der Waals surface area contributed by atoms with Crippen molar-refractivity contribution in [1.82, 2.24) is 0 Å². The van der Waals surface area contributed by atoms with Gasteiger partial charge in [0.05, 0.1) is 5.71 Å². The van der Waals surface area contributed by atoms with E-state index in [0.29, 0.717) is 17.5 Å². The smallest absolute Gasteiger partial charge is 0.145 e. The third kappa shape index (κ3) is 2.21. The fraction of sp³-hybridized carbons (Fsp3) is 0.267. The van der Waals surface area contributed by atoms with Crippen LogP contribution in [0.5, 0.6) is 5.75 Å². The van der Waals surface area contributed by atoms with Gasteiger partial charge in [-0.05, 0) is 36.1 Å². The molecular weight excluding hydrogens is 246 g/mol. The van der Waals surface area contributed by atoms with Gasteiger partial charge in [-0.15, -0.1) is 0 Å². The molecule has 1 heterocycles. The zero-order valence-electron chi connectivity index (χ0n) is 10.2. The summed E-state index contributed by atoms with van der Waals surface area (Å²) in [7, 11) is 0. The van der Waals surface area contributed by atoms with Crippen molar-refractivity contribution in [3.05, 3.63) is 47.0 Å². The molecule has 2 aliphatic rings. The standard InChI is InChI=1S/C15H14ClNO/c1-10-2-4-11(5-3-10)14-9-18-15-7-6-12(16)8-13(15)17-14/h2,4-8,10H,3,9H2,1H3. The van der Waals surface area contributed by atoms with E-state index in [1.54, 1.807) is 0 Å². The van der Waals surface area contributed by atoms with Crippen LogP contribution in [0.3, 0.4) is 0 Å². The van der Waals surface area contributed by atoms with E-state index in [4.69, 9.17) is 16.3 Å². The van der Waals surface area contributed by atoms with Crippen LogP contribution in [0.4, 0.5) is 5.69 Å². The summed E-state index contributed by atoms with van der Waals surface area (Å²) in [4.78, 5) is 4.64. The molecule has 1 aliphatic carbocycles. The Morgan fingerprint density at radius 3 is 3.06 bits per heavy atom. The molecule has 1 aromatic carbocycles. The fourth-order valence-electron chi connectivity index (χ4n) is 2.11. The minimum atomic E-state index is 0.527. The van der Waals surface area contributed by atoms with E-state index >= 15 is 0 Å². The van der Waals surface area contributed by atoms with Gasteiger partial charge in [0.15, 0.2) is 0 Å². The third-order valence-electron chi connectivity index (χ3n) is 3.19. The Labute approximate surface area is 112 Å². The molecule has 0 radical (unpaired) electrons. The Hall–Kier alpha value is -1.54. The Morgan fingerprint density at radius 1 is 1.39 bits per heavy atom. The van der Waals surface area contributed by atoms with E-state index in [-0.39, 0.29) is 0 Å². The number of aliphatic imine (C=N–C) groups is 1. The predicted molar refractivity (Wildman–Crippen MR) is 75.0 cm³/mol. The molecule has 18 heavy (non-hydrogen) atoms. The minimum absolute atomic E-state index is 0.527. The number of halogens is 1. The number of fused-ring (bicyclic) bond motifs is 1. The van der Waals surface area contributed by atoms with Crippen LogP contribution in [0.1, 0.15) is 13.3 Å². The van der Waals surface area contributed by atoms with Gasteiger partial charge in [-0.1, -0.05) is 36.8 Å². The maximum Gasteiger partial charge on any atom is 0.145 e. The zero-order chi connectivity index (χ0) is 12.5. The summed E-state index contributed by atoms with van der Waals surface area (Å²) < 4.78 is 5.71. The Bertz CT molecular complexity index is 572. The first-order chi connectivity index (χ1) is 8.72. The minimum Gasteiger partial charge on any atom is -0.485 e. The first-order valence-electron chi connectivity index (χ1n) is 6.11. The number of rotatable bonds is 1. The van der Waals surface area contributed by atoms with Gasteiger partial charge in [0, 0.05) is 5.02 Å². The molecule has 3 heteroatoms. The summed E-state index contributed by atoms with van der Waals surface area (Å²) in [6.07, 6.45) is 7.63. The van der Waals surface area contributed by atoms with Crippen LogP contribution in [0.25, 0.3) is 0 Å². The highest BCUT2D eigenvalue weighted by atomic mass is 35.5. The fourth-order valence-corrected chi connectivity index (χ4v) is 2.28. The van der Waals surface area contributed by atoms with Crippen LogP contribution in [0, 0.1) is 5.92 Å². The number of hydrogen-bond acceptors (Lipinski definition) is 2. The topological polar surface area (TPSA) is 21.6 Å². The molecule has 92 valence electrons. The molecule has 0 saturated heterocycles. The third-order valence-corrected chi connectivity index (χ3v) is 3.42. The lowest BCUT2D eigenvalue weighted by Gasteiger charge is -2.19. The number of benzene rings is 1. The van der Waals surface area contributed by atoms with Gasteiger partial charge in [-0.3, -0.25) is 0 Å². The van der Waals surface area contributed by atoms with Crippen molar-refractivity contribution in [2.75, 3.05) is 6.61 Å². The summed E-state index contributed by atoms with van der Waals surface area (Å²) >= 11 is 5.98. The molecule has 3 rings (SSSR count). The van der Waals surface area contributed by atoms with Crippen molar-refractivity contribution < 1.29 is 4.74 Å². The van der Waals surface area contributed by atoms with Crippen LogP contribution in [-0.2, 0) is 0 Å². The molecule has 0 fully saturated rings. The highest BCUT2D eigenvalue weighted by Crippen LogP contribution is 2.34. The summed E-state index contributed by atoms with van der Waals surface area (Å²) in [5.41, 5.74) is 2.96. The van der Waals surface area contributed by atoms with Gasteiger partial charge in [0.1, 0.15) is 18.0 Å². The Kier molecular flexibility index (Phi) is 2.96. The maximum atomic E-state index is 5.98. The monoisotopic (exact) mass is 259 g/mol. The molecule has 0 N–H and O–H groups in total. The second-order valence-electron chi connectivity index (χ2n) is 4.69. The van der Waals surface area contributed by atoms with Crippen molar-refractivity contribution >= 4 is 23.0 Å². The normalized spacial score (nSPS) is 21.8. The number of allylic oxidation sites excluding steroid dienone is 3. The predicted octanol–water partition coefficient (Wildman–Crippen LogP) is 4.33. The van der Waals surface area contributed by atoms with Gasteiger partial charge < -0.3 is 4.74 Å². The second kappa shape index (κ2) is 4.62. The molecule has 0 amide bonds. The highest BCUT2D eigenvalue weighted by molar-refractivity contribution is 6.31. The van der Waals surface area contributed by atoms with E-state index < -0.39 is 0 Å². The van der Waals surface area contributed by atoms with Gasteiger partial charge in [-0.2, -0.15) is 0 Å². The average molecular weight is 260 g/mol. The summed E-state index contributed by atoms with van der Waals surface area (Å²) in [6.45, 7) is 2.73. The number of nitrogens with zero attached hydrogens (tertiary/aromatic N) is 1. The largest absolute Gasteiger partial charge is 0.485 e. The van der Waals surface area contributed by atoms with E-state index in [0.717, 1.165) is 23.6 Å². The van der Waals surface area contributed by atoms with Crippen molar-refractivity contribution in [3.8, 4) is 5.75 Å². The number of ether oxygens (including phenoxy) is 1. The van der Waals surface area contributed by atoms with Crippen molar-refractivity contribution in [1.29, 1.82) is 0 Å². The van der Waals surface area contributed by atoms with Crippen LogP contribution >= 0.6 is 11.6 Å².